The molecule has 0 bridgehead atoms. The van der Waals surface area contributed by atoms with Gasteiger partial charge in [-0.3, -0.25) is 10.1 Å². The Morgan fingerprint density at radius 1 is 1.71 bits per heavy atom. The third-order valence-corrected chi connectivity index (χ3v) is 1.88. The average Bonchev–Trinajstić information content (AvgIpc) is 2.15. The molecule has 1 rings (SSSR count). The first-order valence-corrected chi connectivity index (χ1v) is 4.52. The van der Waals surface area contributed by atoms with Crippen molar-refractivity contribution < 1.29 is 10.0 Å². The molecule has 5 nitrogen and oxygen atoms in total. The zero-order valence-electron chi connectivity index (χ0n) is 7.05. The Morgan fingerprint density at radius 2 is 2.43 bits per heavy atom. The van der Waals surface area contributed by atoms with Crippen molar-refractivity contribution >= 4 is 27.7 Å². The van der Waals surface area contributed by atoms with E-state index in [2.05, 4.69) is 20.9 Å². The van der Waals surface area contributed by atoms with Crippen LogP contribution in [-0.2, 0) is 0 Å². The summed E-state index contributed by atoms with van der Waals surface area (Å²) in [6.45, 7) is -0.172. The largest absolute Gasteiger partial charge is 0.392 e. The molecule has 1 heterocycles. The summed E-state index contributed by atoms with van der Waals surface area (Å²) in [5.41, 5.74) is 0.135. The van der Waals surface area contributed by atoms with E-state index in [9.17, 15) is 10.1 Å². The maximum atomic E-state index is 10.6. The van der Waals surface area contributed by atoms with Crippen LogP contribution in [0.5, 0.6) is 0 Å². The zero-order valence-corrected chi connectivity index (χ0v) is 8.64. The van der Waals surface area contributed by atoms with Crippen LogP contribution in [0.1, 0.15) is 5.69 Å². The number of hydrogen-bond donors (Lipinski definition) is 1. The second-order valence-corrected chi connectivity index (χ2v) is 3.32. The van der Waals surface area contributed by atoms with Crippen LogP contribution < -0.4 is 0 Å². The summed E-state index contributed by atoms with van der Waals surface area (Å²) in [5.74, 6) is 0. The van der Waals surface area contributed by atoms with Crippen LogP contribution in [0.4, 0.5) is 5.69 Å². The van der Waals surface area contributed by atoms with E-state index < -0.39 is 4.92 Å². The van der Waals surface area contributed by atoms with E-state index in [4.69, 9.17) is 5.11 Å². The second kappa shape index (κ2) is 4.83. The molecule has 0 saturated carbocycles. The molecule has 0 spiro atoms. The van der Waals surface area contributed by atoms with Crippen molar-refractivity contribution in [1.29, 1.82) is 0 Å². The number of aliphatic hydroxyl groups excluding tert-OH is 1. The average molecular weight is 259 g/mol. The molecule has 0 aliphatic rings. The monoisotopic (exact) mass is 258 g/mol. The van der Waals surface area contributed by atoms with Gasteiger partial charge in [0.2, 0.25) is 0 Å². The highest BCUT2D eigenvalue weighted by atomic mass is 79.9. The number of halogens is 1. The molecule has 0 amide bonds. The Morgan fingerprint density at radius 3 is 3.00 bits per heavy atom. The molecule has 14 heavy (non-hydrogen) atoms. The summed E-state index contributed by atoms with van der Waals surface area (Å²) in [6, 6.07) is 1.37. The minimum absolute atomic E-state index is 0.0934. The molecule has 0 aliphatic carbocycles. The molecule has 0 unspecified atom stereocenters. The fraction of sp³-hybridized carbons (Fsp3) is 0.125. The second-order valence-electron chi connectivity index (χ2n) is 2.40. The van der Waals surface area contributed by atoms with Gasteiger partial charge >= 0.3 is 0 Å². The summed E-state index contributed by atoms with van der Waals surface area (Å²) in [6.07, 6.45) is 4.26. The summed E-state index contributed by atoms with van der Waals surface area (Å²) in [7, 11) is 0. The molecule has 74 valence electrons. The molecule has 0 saturated heterocycles. The maximum Gasteiger partial charge on any atom is 0.295 e. The number of aromatic nitrogens is 1. The lowest BCUT2D eigenvalue weighted by molar-refractivity contribution is -0.385. The molecule has 1 N–H and O–H groups in total. The van der Waals surface area contributed by atoms with Gasteiger partial charge in [-0.25, -0.2) is 4.98 Å². The van der Waals surface area contributed by atoms with Gasteiger partial charge in [0.05, 0.1) is 11.5 Å². The highest BCUT2D eigenvalue weighted by Crippen LogP contribution is 2.21. The number of pyridine rings is 1. The van der Waals surface area contributed by atoms with Gasteiger partial charge in [-0.15, -0.1) is 0 Å². The van der Waals surface area contributed by atoms with Gasteiger partial charge in [-0.05, 0) is 22.0 Å². The summed E-state index contributed by atoms with van der Waals surface area (Å²) >= 11 is 3.09. The van der Waals surface area contributed by atoms with Gasteiger partial charge in [0.15, 0.2) is 0 Å². The molecule has 0 aromatic carbocycles. The highest BCUT2D eigenvalue weighted by molar-refractivity contribution is 9.10. The zero-order chi connectivity index (χ0) is 10.6. The summed E-state index contributed by atoms with van der Waals surface area (Å²) in [4.78, 5) is 13.9. The van der Waals surface area contributed by atoms with Crippen LogP contribution in [0.2, 0.25) is 0 Å². The Balaban J connectivity index is 3.15. The van der Waals surface area contributed by atoms with E-state index in [1.54, 1.807) is 0 Å². The SMILES string of the molecule is O=[N+]([O-])c1cc(Br)cnc1/C=C/CO. The molecular formula is C8H7BrN2O3. The number of hydrogen-bond acceptors (Lipinski definition) is 4. The number of aliphatic hydroxyl groups is 1. The van der Waals surface area contributed by atoms with Crippen molar-refractivity contribution in [3.63, 3.8) is 0 Å². The summed E-state index contributed by atoms with van der Waals surface area (Å²) in [5, 5.41) is 19.1. The first kappa shape index (κ1) is 10.8. The van der Waals surface area contributed by atoms with E-state index in [-0.39, 0.29) is 18.0 Å². The Kier molecular flexibility index (Phi) is 3.73. The quantitative estimate of drug-likeness (QED) is 0.662. The first-order chi connectivity index (χ1) is 6.65. The van der Waals surface area contributed by atoms with Gasteiger partial charge in [0, 0.05) is 16.7 Å². The number of nitrogens with zero attached hydrogens (tertiary/aromatic N) is 2. The predicted octanol–water partition coefficient (Wildman–Crippen LogP) is 1.76. The van der Waals surface area contributed by atoms with Crippen molar-refractivity contribution in [3.8, 4) is 0 Å². The molecule has 1 aromatic heterocycles. The molecule has 0 fully saturated rings. The lowest BCUT2D eigenvalue weighted by atomic mass is 10.3. The lowest BCUT2D eigenvalue weighted by Crippen LogP contribution is -1.94. The standard InChI is InChI=1S/C8H7BrN2O3/c9-6-4-8(11(13)14)7(10-5-6)2-1-3-12/h1-2,4-5,12H,3H2/b2-1+. The maximum absolute atomic E-state index is 10.6. The van der Waals surface area contributed by atoms with E-state index in [0.717, 1.165) is 0 Å². The van der Waals surface area contributed by atoms with Crippen LogP contribution >= 0.6 is 15.9 Å². The normalized spacial score (nSPS) is 10.7. The van der Waals surface area contributed by atoms with Crippen molar-refractivity contribution in [2.75, 3.05) is 6.61 Å². The first-order valence-electron chi connectivity index (χ1n) is 3.72. The van der Waals surface area contributed by atoms with Crippen LogP contribution in [0, 0.1) is 10.1 Å². The summed E-state index contributed by atoms with van der Waals surface area (Å²) < 4.78 is 0.547. The van der Waals surface area contributed by atoms with Crippen molar-refractivity contribution in [2.24, 2.45) is 0 Å². The fourth-order valence-corrected chi connectivity index (χ4v) is 1.20. The smallest absolute Gasteiger partial charge is 0.295 e. The Labute approximate surface area is 88.4 Å². The minimum atomic E-state index is -0.519. The fourth-order valence-electron chi connectivity index (χ4n) is 0.878. The third-order valence-electron chi connectivity index (χ3n) is 1.44. The van der Waals surface area contributed by atoms with Crippen molar-refractivity contribution in [2.45, 2.75) is 0 Å². The molecule has 0 aliphatic heterocycles. The molecule has 0 atom stereocenters. The molecule has 1 aromatic rings. The van der Waals surface area contributed by atoms with Gasteiger partial charge in [0.25, 0.3) is 5.69 Å². The molecular weight excluding hydrogens is 252 g/mol. The lowest BCUT2D eigenvalue weighted by Gasteiger charge is -1.96. The van der Waals surface area contributed by atoms with Crippen molar-refractivity contribution in [3.05, 3.63) is 38.6 Å². The minimum Gasteiger partial charge on any atom is -0.392 e. The van der Waals surface area contributed by atoms with Crippen LogP contribution in [0.15, 0.2) is 22.8 Å². The van der Waals surface area contributed by atoms with E-state index >= 15 is 0 Å². The van der Waals surface area contributed by atoms with Gasteiger partial charge in [-0.1, -0.05) is 6.08 Å². The Bertz CT molecular complexity index is 379. The molecule has 0 radical (unpaired) electrons. The van der Waals surface area contributed by atoms with E-state index in [1.807, 2.05) is 0 Å². The topological polar surface area (TPSA) is 76.3 Å². The number of rotatable bonds is 3. The third kappa shape index (κ3) is 2.61. The Hall–Kier alpha value is -1.27. The van der Waals surface area contributed by atoms with E-state index in [0.29, 0.717) is 4.47 Å². The van der Waals surface area contributed by atoms with Gasteiger partial charge < -0.3 is 5.11 Å². The van der Waals surface area contributed by atoms with Crippen LogP contribution in [0.3, 0.4) is 0 Å². The van der Waals surface area contributed by atoms with Gasteiger partial charge in [-0.2, -0.15) is 0 Å². The van der Waals surface area contributed by atoms with Crippen LogP contribution in [-0.4, -0.2) is 21.6 Å². The molecule has 6 heteroatoms. The number of nitro groups is 1. The predicted molar refractivity (Wildman–Crippen MR) is 54.7 cm³/mol. The van der Waals surface area contributed by atoms with Gasteiger partial charge in [0.1, 0.15) is 5.69 Å². The van der Waals surface area contributed by atoms with Crippen LogP contribution in [0.25, 0.3) is 6.08 Å². The van der Waals surface area contributed by atoms with E-state index in [1.165, 1.54) is 24.4 Å². The highest BCUT2D eigenvalue weighted by Gasteiger charge is 2.12. The van der Waals surface area contributed by atoms with Crippen molar-refractivity contribution in [1.82, 2.24) is 4.98 Å².